The van der Waals surface area contributed by atoms with Crippen molar-refractivity contribution in [3.63, 3.8) is 0 Å². The monoisotopic (exact) mass is 944 g/mol. The van der Waals surface area contributed by atoms with Gasteiger partial charge in [0.05, 0.1) is 11.4 Å². The van der Waals surface area contributed by atoms with Crippen LogP contribution in [-0.2, 0) is 0 Å². The van der Waals surface area contributed by atoms with Crippen LogP contribution in [0.1, 0.15) is 0 Å². The normalized spacial score (nSPS) is 11.8. The van der Waals surface area contributed by atoms with Crippen LogP contribution in [0.2, 0.25) is 0 Å². The number of furan rings is 2. The molecule has 4 heteroatoms. The van der Waals surface area contributed by atoms with Crippen molar-refractivity contribution < 1.29 is 8.83 Å². The number of hydrogen-bond acceptors (Lipinski definition) is 4. The summed E-state index contributed by atoms with van der Waals surface area (Å²) in [6.07, 6.45) is 0. The molecular formula is C70H44N2O2. The average Bonchev–Trinajstić information content (AvgIpc) is 4.10. The zero-order valence-electron chi connectivity index (χ0n) is 40.1. The molecular weight excluding hydrogens is 901 g/mol. The summed E-state index contributed by atoms with van der Waals surface area (Å²) in [7, 11) is 0. The fourth-order valence-corrected chi connectivity index (χ4v) is 11.6. The van der Waals surface area contributed by atoms with E-state index in [-0.39, 0.29) is 0 Å². The van der Waals surface area contributed by atoms with Crippen LogP contribution < -0.4 is 9.80 Å². The number of nitrogens with zero attached hydrogens (tertiary/aromatic N) is 2. The van der Waals surface area contributed by atoms with Crippen molar-refractivity contribution in [3.05, 3.63) is 267 Å². The first-order valence-electron chi connectivity index (χ1n) is 25.2. The molecule has 346 valence electrons. The molecule has 0 N–H and O–H groups in total. The minimum Gasteiger partial charge on any atom is -0.456 e. The van der Waals surface area contributed by atoms with E-state index in [4.69, 9.17) is 8.83 Å². The average molecular weight is 945 g/mol. The van der Waals surface area contributed by atoms with Gasteiger partial charge in [0.2, 0.25) is 0 Å². The highest BCUT2D eigenvalue weighted by Crippen LogP contribution is 2.49. The predicted molar refractivity (Wildman–Crippen MR) is 311 cm³/mol. The number of anilines is 6. The second-order valence-corrected chi connectivity index (χ2v) is 19.2. The third-order valence-corrected chi connectivity index (χ3v) is 15.0. The molecule has 74 heavy (non-hydrogen) atoms. The SMILES string of the molecule is c1ccc(-c2ccc(N(c3ccc(-c4ccc(N(c5ccccc5)c5cc6oc7ccc8ccccc8c7c6c6ccccc56)cc4)cc3)c3cc4ccccc4c4c3oc3ccc5ccccc5c34)cc2)cc1. The van der Waals surface area contributed by atoms with E-state index >= 15 is 0 Å². The van der Waals surface area contributed by atoms with Crippen molar-refractivity contribution in [2.45, 2.75) is 0 Å². The summed E-state index contributed by atoms with van der Waals surface area (Å²) in [4.78, 5) is 4.70. The second-order valence-electron chi connectivity index (χ2n) is 19.2. The van der Waals surface area contributed by atoms with E-state index in [9.17, 15) is 0 Å². The maximum Gasteiger partial charge on any atom is 0.160 e. The smallest absolute Gasteiger partial charge is 0.160 e. The van der Waals surface area contributed by atoms with Crippen LogP contribution >= 0.6 is 0 Å². The van der Waals surface area contributed by atoms with Gasteiger partial charge in [0.1, 0.15) is 16.7 Å². The Morgan fingerprint density at radius 2 is 0.622 bits per heavy atom. The highest BCUT2D eigenvalue weighted by atomic mass is 16.3. The number of fused-ring (bicyclic) bond motifs is 14. The van der Waals surface area contributed by atoms with Crippen LogP contribution in [0.4, 0.5) is 34.1 Å². The molecule has 0 spiro atoms. The lowest BCUT2D eigenvalue weighted by molar-refractivity contribution is 0.669. The van der Waals surface area contributed by atoms with Crippen molar-refractivity contribution in [1.29, 1.82) is 0 Å². The fourth-order valence-electron chi connectivity index (χ4n) is 11.6. The van der Waals surface area contributed by atoms with Crippen LogP contribution in [0, 0.1) is 0 Å². The van der Waals surface area contributed by atoms with E-state index in [2.05, 4.69) is 277 Å². The molecule has 13 aromatic carbocycles. The van der Waals surface area contributed by atoms with Crippen molar-refractivity contribution in [2.75, 3.05) is 9.80 Å². The molecule has 15 aromatic rings. The first kappa shape index (κ1) is 41.8. The van der Waals surface area contributed by atoms with E-state index < -0.39 is 0 Å². The Balaban J connectivity index is 0.853. The molecule has 0 saturated heterocycles. The topological polar surface area (TPSA) is 32.8 Å². The number of benzene rings is 13. The van der Waals surface area contributed by atoms with Gasteiger partial charge in [-0.3, -0.25) is 0 Å². The summed E-state index contributed by atoms with van der Waals surface area (Å²) in [6, 6.07) is 95.7. The fraction of sp³-hybridized carbons (Fsp3) is 0. The van der Waals surface area contributed by atoms with Crippen molar-refractivity contribution >= 4 is 121 Å². The van der Waals surface area contributed by atoms with E-state index in [0.29, 0.717) is 0 Å². The van der Waals surface area contributed by atoms with Gasteiger partial charge in [-0.2, -0.15) is 0 Å². The zero-order valence-corrected chi connectivity index (χ0v) is 40.1. The number of para-hydroxylation sites is 1. The maximum absolute atomic E-state index is 7.03. The van der Waals surface area contributed by atoms with Crippen molar-refractivity contribution in [2.24, 2.45) is 0 Å². The summed E-state index contributed by atoms with van der Waals surface area (Å²) in [5.41, 5.74) is 14.3. The van der Waals surface area contributed by atoms with Crippen molar-refractivity contribution in [1.82, 2.24) is 0 Å². The molecule has 0 aliphatic rings. The first-order chi connectivity index (χ1) is 36.7. The largest absolute Gasteiger partial charge is 0.456 e. The van der Waals surface area contributed by atoms with Gasteiger partial charge in [-0.15, -0.1) is 0 Å². The Kier molecular flexibility index (Phi) is 9.54. The summed E-state index contributed by atoms with van der Waals surface area (Å²) in [6.45, 7) is 0. The van der Waals surface area contributed by atoms with Crippen LogP contribution in [0.3, 0.4) is 0 Å². The van der Waals surface area contributed by atoms with Gasteiger partial charge >= 0.3 is 0 Å². The van der Waals surface area contributed by atoms with Gasteiger partial charge in [-0.05, 0) is 127 Å². The lowest BCUT2D eigenvalue weighted by atomic mass is 9.97. The molecule has 0 aliphatic carbocycles. The first-order valence-corrected chi connectivity index (χ1v) is 25.2. The highest BCUT2D eigenvalue weighted by molar-refractivity contribution is 6.30. The van der Waals surface area contributed by atoms with Gasteiger partial charge in [-0.1, -0.05) is 194 Å². The maximum atomic E-state index is 7.03. The van der Waals surface area contributed by atoms with Gasteiger partial charge in [0, 0.05) is 55.7 Å². The molecule has 0 fully saturated rings. The Labute approximate surface area is 426 Å². The highest BCUT2D eigenvalue weighted by Gasteiger charge is 2.25. The Bertz CT molecular complexity index is 4630. The third kappa shape index (κ3) is 6.69. The number of hydrogen-bond donors (Lipinski definition) is 0. The summed E-state index contributed by atoms with van der Waals surface area (Å²) in [5.74, 6) is 0. The molecule has 15 rings (SSSR count). The quantitative estimate of drug-likeness (QED) is 0.152. The minimum absolute atomic E-state index is 0.852. The summed E-state index contributed by atoms with van der Waals surface area (Å²) >= 11 is 0. The Morgan fingerprint density at radius 1 is 0.230 bits per heavy atom. The summed E-state index contributed by atoms with van der Waals surface area (Å²) < 4.78 is 13.8. The van der Waals surface area contributed by atoms with E-state index in [1.165, 1.54) is 32.5 Å². The van der Waals surface area contributed by atoms with Crippen LogP contribution in [-0.4, -0.2) is 0 Å². The number of rotatable bonds is 8. The van der Waals surface area contributed by atoms with Crippen LogP contribution in [0.15, 0.2) is 276 Å². The van der Waals surface area contributed by atoms with Gasteiger partial charge < -0.3 is 18.6 Å². The van der Waals surface area contributed by atoms with Gasteiger partial charge in [0.25, 0.3) is 0 Å². The van der Waals surface area contributed by atoms with E-state index in [1.807, 2.05) is 0 Å². The molecule has 2 aromatic heterocycles. The molecule has 4 nitrogen and oxygen atoms in total. The van der Waals surface area contributed by atoms with Crippen molar-refractivity contribution in [3.8, 4) is 22.3 Å². The lowest BCUT2D eigenvalue weighted by Crippen LogP contribution is -2.10. The Morgan fingerprint density at radius 3 is 1.19 bits per heavy atom. The molecule has 2 heterocycles. The van der Waals surface area contributed by atoms with E-state index in [0.717, 1.165) is 111 Å². The molecule has 0 amide bonds. The van der Waals surface area contributed by atoms with Crippen LogP contribution in [0.25, 0.3) is 109 Å². The molecule has 0 atom stereocenters. The zero-order chi connectivity index (χ0) is 48.7. The standard InChI is InChI=1S/C70H44N2O2/c1-3-15-45(16-4-1)46-27-37-54(38-28-46)72(62-43-51-19-9-12-24-58(51)69-67-57-23-11-8-18-50(57)34-42-64(67)74-70(62)69)55-39-31-48(32-40-55)47-29-35-53(36-30-47)71(52-20-5-2-6-21-52)61-44-65-68(60-26-14-13-25-59(60)61)66-56-22-10-7-17-49(56)33-41-63(66)73-65/h1-44H. The van der Waals surface area contributed by atoms with E-state index in [1.54, 1.807) is 0 Å². The minimum atomic E-state index is 0.852. The molecule has 0 unspecified atom stereocenters. The Hall–Kier alpha value is -9.90. The second kappa shape index (κ2) is 16.9. The summed E-state index contributed by atoms with van der Waals surface area (Å²) in [5, 5.41) is 13.9. The van der Waals surface area contributed by atoms with Gasteiger partial charge in [0.15, 0.2) is 5.58 Å². The molecule has 0 radical (unpaired) electrons. The predicted octanol–water partition coefficient (Wildman–Crippen LogP) is 20.4. The third-order valence-electron chi connectivity index (χ3n) is 15.0. The molecule has 0 bridgehead atoms. The van der Waals surface area contributed by atoms with Gasteiger partial charge in [-0.25, -0.2) is 0 Å². The van der Waals surface area contributed by atoms with Crippen LogP contribution in [0.5, 0.6) is 0 Å². The lowest BCUT2D eigenvalue weighted by Gasteiger charge is -2.27. The molecule has 0 aliphatic heterocycles. The molecule has 0 saturated carbocycles.